The fourth-order valence-electron chi connectivity index (χ4n) is 5.52. The van der Waals surface area contributed by atoms with Crippen LogP contribution in [0.5, 0.6) is 0 Å². The zero-order chi connectivity index (χ0) is 16.0. The van der Waals surface area contributed by atoms with Crippen LogP contribution >= 0.6 is 0 Å². The van der Waals surface area contributed by atoms with Gasteiger partial charge in [0.15, 0.2) is 0 Å². The fourth-order valence-corrected chi connectivity index (χ4v) is 5.52. The first-order valence-electron chi connectivity index (χ1n) is 8.91. The summed E-state index contributed by atoms with van der Waals surface area (Å²) in [4.78, 5) is 0. The van der Waals surface area contributed by atoms with E-state index in [-0.39, 0.29) is 5.41 Å². The Morgan fingerprint density at radius 3 is 2.61 bits per heavy atom. The second kappa shape index (κ2) is 5.40. The van der Waals surface area contributed by atoms with Crippen LogP contribution in [0.1, 0.15) is 38.7 Å². The molecule has 1 nitrogen and oxygen atoms in total. The van der Waals surface area contributed by atoms with Gasteiger partial charge in [0.1, 0.15) is 6.10 Å². The zero-order valence-corrected chi connectivity index (χ0v) is 14.2. The highest BCUT2D eigenvalue weighted by Crippen LogP contribution is 2.61. The van der Waals surface area contributed by atoms with E-state index in [1.165, 1.54) is 35.6 Å². The molecule has 0 heterocycles. The molecule has 4 rings (SSSR count). The monoisotopic (exact) mass is 306 g/mol. The Bertz CT molecular complexity index is 732. The van der Waals surface area contributed by atoms with Crippen molar-refractivity contribution in [2.24, 2.45) is 17.8 Å². The van der Waals surface area contributed by atoms with E-state index in [4.69, 9.17) is 4.74 Å². The van der Waals surface area contributed by atoms with Crippen LogP contribution in [-0.2, 0) is 10.2 Å². The lowest BCUT2D eigenvalue weighted by Gasteiger charge is -2.45. The number of benzene rings is 2. The van der Waals surface area contributed by atoms with Crippen molar-refractivity contribution in [3.05, 3.63) is 60.9 Å². The topological polar surface area (TPSA) is 9.23 Å². The molecule has 0 saturated heterocycles. The average Bonchev–Trinajstić information content (AvgIpc) is 3.13. The van der Waals surface area contributed by atoms with Crippen LogP contribution in [0.15, 0.2) is 55.3 Å². The highest BCUT2D eigenvalue weighted by atomic mass is 16.5. The Morgan fingerprint density at radius 2 is 1.91 bits per heavy atom. The van der Waals surface area contributed by atoms with Gasteiger partial charge in [0.25, 0.3) is 0 Å². The second-order valence-corrected chi connectivity index (χ2v) is 7.75. The number of rotatable bonds is 4. The smallest absolute Gasteiger partial charge is 0.102 e. The summed E-state index contributed by atoms with van der Waals surface area (Å²) in [5.74, 6) is 2.04. The molecule has 0 N–H and O–H groups in total. The number of hydrogen-bond acceptors (Lipinski definition) is 1. The van der Waals surface area contributed by atoms with Gasteiger partial charge in [0.05, 0.1) is 6.26 Å². The first-order chi connectivity index (χ1) is 11.1. The SMILES string of the molecule is C=COC1CC2CC1C(c1ccc3ccccc3c1)(C(C)C)C2. The number of hydrogen-bond donors (Lipinski definition) is 0. The van der Waals surface area contributed by atoms with Gasteiger partial charge in [0.2, 0.25) is 0 Å². The summed E-state index contributed by atoms with van der Waals surface area (Å²) in [7, 11) is 0. The molecule has 2 aromatic carbocycles. The van der Waals surface area contributed by atoms with Gasteiger partial charge in [-0.05, 0) is 47.4 Å². The third-order valence-electron chi connectivity index (χ3n) is 6.48. The third-order valence-corrected chi connectivity index (χ3v) is 6.48. The maximum atomic E-state index is 5.92. The Balaban J connectivity index is 1.82. The zero-order valence-electron chi connectivity index (χ0n) is 14.2. The molecule has 2 saturated carbocycles. The molecule has 23 heavy (non-hydrogen) atoms. The molecule has 0 radical (unpaired) electrons. The fraction of sp³-hybridized carbons (Fsp3) is 0.455. The van der Waals surface area contributed by atoms with E-state index in [0.29, 0.717) is 17.9 Å². The first-order valence-corrected chi connectivity index (χ1v) is 8.91. The maximum absolute atomic E-state index is 5.92. The van der Waals surface area contributed by atoms with E-state index in [1.807, 2.05) is 0 Å². The molecule has 2 aliphatic carbocycles. The molecule has 4 atom stereocenters. The molecule has 4 unspecified atom stereocenters. The van der Waals surface area contributed by atoms with Crippen LogP contribution in [0.4, 0.5) is 0 Å². The number of ether oxygens (including phenoxy) is 1. The lowest BCUT2D eigenvalue weighted by molar-refractivity contribution is 0.0297. The van der Waals surface area contributed by atoms with Gasteiger partial charge < -0.3 is 4.74 Å². The van der Waals surface area contributed by atoms with Crippen molar-refractivity contribution in [3.8, 4) is 0 Å². The van der Waals surface area contributed by atoms with E-state index in [0.717, 1.165) is 5.92 Å². The van der Waals surface area contributed by atoms with Crippen molar-refractivity contribution < 1.29 is 4.74 Å². The summed E-state index contributed by atoms with van der Waals surface area (Å²) >= 11 is 0. The van der Waals surface area contributed by atoms with Crippen LogP contribution in [0.25, 0.3) is 10.8 Å². The molecule has 2 bridgehead atoms. The summed E-state index contributed by atoms with van der Waals surface area (Å²) < 4.78 is 5.92. The summed E-state index contributed by atoms with van der Waals surface area (Å²) in [6.07, 6.45) is 5.82. The highest BCUT2D eigenvalue weighted by molar-refractivity contribution is 5.83. The van der Waals surface area contributed by atoms with E-state index in [9.17, 15) is 0 Å². The number of fused-ring (bicyclic) bond motifs is 3. The quantitative estimate of drug-likeness (QED) is 0.659. The van der Waals surface area contributed by atoms with Crippen LogP contribution in [-0.4, -0.2) is 6.10 Å². The van der Waals surface area contributed by atoms with Crippen molar-refractivity contribution in [2.75, 3.05) is 0 Å². The van der Waals surface area contributed by atoms with Crippen molar-refractivity contribution in [3.63, 3.8) is 0 Å². The summed E-state index contributed by atoms with van der Waals surface area (Å²) in [5.41, 5.74) is 1.76. The Morgan fingerprint density at radius 1 is 1.13 bits per heavy atom. The molecule has 2 aromatic rings. The molecule has 0 aromatic heterocycles. The summed E-state index contributed by atoms with van der Waals surface area (Å²) in [6, 6.07) is 15.8. The van der Waals surface area contributed by atoms with E-state index in [1.54, 1.807) is 6.26 Å². The van der Waals surface area contributed by atoms with Gasteiger partial charge in [-0.15, -0.1) is 0 Å². The lowest BCUT2D eigenvalue weighted by atomic mass is 9.61. The van der Waals surface area contributed by atoms with Gasteiger partial charge in [-0.3, -0.25) is 0 Å². The molecule has 2 aliphatic rings. The summed E-state index contributed by atoms with van der Waals surface area (Å²) in [5, 5.41) is 2.69. The van der Waals surface area contributed by atoms with Crippen molar-refractivity contribution >= 4 is 10.8 Å². The van der Waals surface area contributed by atoms with Crippen LogP contribution in [0.3, 0.4) is 0 Å². The van der Waals surface area contributed by atoms with Crippen molar-refractivity contribution in [1.29, 1.82) is 0 Å². The molecular weight excluding hydrogens is 280 g/mol. The molecule has 0 amide bonds. The van der Waals surface area contributed by atoms with Crippen molar-refractivity contribution in [1.82, 2.24) is 0 Å². The average molecular weight is 306 g/mol. The molecular formula is C22H26O. The Labute approximate surface area is 139 Å². The first kappa shape index (κ1) is 14.8. The van der Waals surface area contributed by atoms with Crippen LogP contribution < -0.4 is 0 Å². The predicted molar refractivity (Wildman–Crippen MR) is 96.4 cm³/mol. The van der Waals surface area contributed by atoms with E-state index < -0.39 is 0 Å². The van der Waals surface area contributed by atoms with Gasteiger partial charge in [-0.2, -0.15) is 0 Å². The molecule has 0 aliphatic heterocycles. The van der Waals surface area contributed by atoms with Gasteiger partial charge in [-0.25, -0.2) is 0 Å². The highest BCUT2D eigenvalue weighted by Gasteiger charge is 2.58. The molecule has 120 valence electrons. The third kappa shape index (κ3) is 2.13. The van der Waals surface area contributed by atoms with Gasteiger partial charge >= 0.3 is 0 Å². The minimum Gasteiger partial charge on any atom is -0.498 e. The predicted octanol–water partition coefficient (Wildman–Crippen LogP) is 5.69. The standard InChI is InChI=1S/C22H26O/c1-4-23-21-12-16-11-20(21)22(14-16,15(2)3)19-10-9-17-7-5-6-8-18(17)13-19/h4-10,13,15-16,20-21H,1,11-12,14H2,2-3H3. The van der Waals surface area contributed by atoms with Gasteiger partial charge in [0, 0.05) is 11.3 Å². The Hall–Kier alpha value is -1.76. The summed E-state index contributed by atoms with van der Waals surface area (Å²) in [6.45, 7) is 8.57. The van der Waals surface area contributed by atoms with Crippen LogP contribution in [0.2, 0.25) is 0 Å². The van der Waals surface area contributed by atoms with Crippen LogP contribution in [0, 0.1) is 17.8 Å². The van der Waals surface area contributed by atoms with E-state index in [2.05, 4.69) is 62.9 Å². The lowest BCUT2D eigenvalue weighted by Crippen LogP contribution is -2.44. The van der Waals surface area contributed by atoms with E-state index >= 15 is 0 Å². The Kier molecular flexibility index (Phi) is 3.48. The molecule has 0 spiro atoms. The van der Waals surface area contributed by atoms with Crippen molar-refractivity contribution in [2.45, 2.75) is 44.6 Å². The molecule has 1 heteroatoms. The second-order valence-electron chi connectivity index (χ2n) is 7.75. The minimum absolute atomic E-state index is 0.251. The van der Waals surface area contributed by atoms with Gasteiger partial charge in [-0.1, -0.05) is 62.9 Å². The molecule has 2 fully saturated rings. The maximum Gasteiger partial charge on any atom is 0.102 e. The minimum atomic E-state index is 0.251. The normalized spacial score (nSPS) is 32.6. The largest absolute Gasteiger partial charge is 0.498 e.